The molecule has 184 valence electrons. The Morgan fingerprint density at radius 2 is 1.91 bits per heavy atom. The number of aromatic nitrogens is 6. The molecule has 4 rings (SSSR count). The second kappa shape index (κ2) is 10.1. The molecule has 13 heteroatoms. The number of likely N-dealkylation sites (N-methyl/N-ethyl adjacent to an activating group) is 1. The van der Waals surface area contributed by atoms with Crippen molar-refractivity contribution in [3.63, 3.8) is 0 Å². The molecule has 1 aliphatic heterocycles. The van der Waals surface area contributed by atoms with Crippen molar-refractivity contribution < 1.29 is 18.0 Å². The normalized spacial score (nSPS) is 13.2. The predicted molar refractivity (Wildman–Crippen MR) is 121 cm³/mol. The Balaban J connectivity index is 0.00000103. The van der Waals surface area contributed by atoms with Gasteiger partial charge in [-0.1, -0.05) is 20.3 Å². The number of carbonyl (C=O) groups excluding carboxylic acids is 1. The van der Waals surface area contributed by atoms with E-state index in [1.807, 2.05) is 0 Å². The molecule has 1 amide bonds. The Morgan fingerprint density at radius 3 is 2.56 bits per heavy atom. The van der Waals surface area contributed by atoms with E-state index in [4.69, 9.17) is 0 Å². The molecule has 0 atom stereocenters. The summed E-state index contributed by atoms with van der Waals surface area (Å²) in [5.74, 6) is 0.904. The average Bonchev–Trinajstić information content (AvgIpc) is 3.34. The molecule has 0 aromatic carbocycles. The van der Waals surface area contributed by atoms with Gasteiger partial charge in [-0.25, -0.2) is 4.98 Å². The molecular weight excluding hydrogens is 451 g/mol. The number of hydrogen-bond acceptors (Lipinski definition) is 7. The average molecular weight is 480 g/mol. The van der Waals surface area contributed by atoms with Crippen LogP contribution in [0, 0.1) is 6.92 Å². The number of halogens is 3. The summed E-state index contributed by atoms with van der Waals surface area (Å²) in [7, 11) is 3.24. The van der Waals surface area contributed by atoms with Crippen molar-refractivity contribution in [3.05, 3.63) is 41.1 Å². The highest BCUT2D eigenvalue weighted by atomic mass is 19.4. The van der Waals surface area contributed by atoms with Crippen LogP contribution in [0.4, 0.5) is 30.6 Å². The lowest BCUT2D eigenvalue weighted by molar-refractivity contribution is -0.141. The van der Waals surface area contributed by atoms with Gasteiger partial charge in [0.25, 0.3) is 0 Å². The third kappa shape index (κ3) is 5.83. The monoisotopic (exact) mass is 479 g/mol. The molecule has 3 aromatic rings. The number of hydrogen-bond donors (Lipinski definition) is 2. The lowest BCUT2D eigenvalue weighted by Crippen LogP contribution is -2.36. The minimum absolute atomic E-state index is 0.120. The van der Waals surface area contributed by atoms with E-state index in [-0.39, 0.29) is 19.0 Å². The summed E-state index contributed by atoms with van der Waals surface area (Å²) in [5, 5.41) is 13.6. The molecule has 0 saturated heterocycles. The van der Waals surface area contributed by atoms with Gasteiger partial charge in [0.2, 0.25) is 11.9 Å². The van der Waals surface area contributed by atoms with Crippen LogP contribution in [0.2, 0.25) is 0 Å². The predicted octanol–water partition coefficient (Wildman–Crippen LogP) is 3.20. The molecular formula is C21H28F3N9O. The van der Waals surface area contributed by atoms with Gasteiger partial charge in [-0.15, -0.1) is 0 Å². The van der Waals surface area contributed by atoms with Gasteiger partial charge in [0.1, 0.15) is 5.69 Å². The second-order valence-electron chi connectivity index (χ2n) is 7.98. The molecule has 0 radical (unpaired) electrons. The zero-order valence-corrected chi connectivity index (χ0v) is 19.7. The summed E-state index contributed by atoms with van der Waals surface area (Å²) in [5.41, 5.74) is 1.49. The van der Waals surface area contributed by atoms with Crippen LogP contribution < -0.4 is 15.5 Å². The van der Waals surface area contributed by atoms with E-state index >= 15 is 0 Å². The topological polar surface area (TPSA) is 106 Å². The maximum atomic E-state index is 12.8. The number of rotatable bonds is 5. The van der Waals surface area contributed by atoms with Crippen LogP contribution in [0.3, 0.4) is 0 Å². The third-order valence-corrected chi connectivity index (χ3v) is 4.81. The number of aryl methyl sites for hydroxylation is 2. The van der Waals surface area contributed by atoms with Gasteiger partial charge in [0.15, 0.2) is 11.5 Å². The number of alkyl halides is 3. The summed E-state index contributed by atoms with van der Waals surface area (Å²) in [6.45, 7) is 6.76. The molecule has 4 heterocycles. The molecule has 10 nitrogen and oxygen atoms in total. The van der Waals surface area contributed by atoms with Crippen molar-refractivity contribution in [3.8, 4) is 0 Å². The third-order valence-electron chi connectivity index (χ3n) is 4.81. The van der Waals surface area contributed by atoms with Crippen molar-refractivity contribution in [1.29, 1.82) is 0 Å². The van der Waals surface area contributed by atoms with E-state index in [1.54, 1.807) is 31.3 Å². The van der Waals surface area contributed by atoms with Crippen LogP contribution in [0.1, 0.15) is 42.9 Å². The standard InChI is InChI=1S/C18H20F3N9O.C3H8/c1-10-15-16(28(2)9-14(31)25-15)26-17(24-10)22-5-11-6-23-30(7-11)8-12-4-13(18(19,20)21)27-29(12)3;1-3-2/h4,6-7H,5,8-9H2,1-3H3,(H,25,31)(H,22,24,26);3H2,1-2H3. The molecule has 2 N–H and O–H groups in total. The quantitative estimate of drug-likeness (QED) is 0.579. The van der Waals surface area contributed by atoms with E-state index in [0.717, 1.165) is 11.6 Å². The number of nitrogens with one attached hydrogen (secondary N) is 2. The number of anilines is 3. The molecule has 0 saturated carbocycles. The number of fused-ring (bicyclic) bond motifs is 1. The van der Waals surface area contributed by atoms with Crippen molar-refractivity contribution in [2.45, 2.75) is 46.5 Å². The first kappa shape index (κ1) is 25.0. The van der Waals surface area contributed by atoms with Gasteiger partial charge in [-0.05, 0) is 13.0 Å². The summed E-state index contributed by atoms with van der Waals surface area (Å²) < 4.78 is 41.2. The van der Waals surface area contributed by atoms with E-state index in [2.05, 4.69) is 44.6 Å². The summed E-state index contributed by atoms with van der Waals surface area (Å²) in [6, 6.07) is 1.01. The Hall–Kier alpha value is -3.64. The van der Waals surface area contributed by atoms with Crippen molar-refractivity contribution >= 4 is 23.4 Å². The number of nitrogens with zero attached hydrogens (tertiary/aromatic N) is 7. The SMILES string of the molecule is CCC.Cc1nc(NCc2cnn(Cc3cc(C(F)(F)F)nn3C)c2)nc2c1NC(=O)CN2C. The van der Waals surface area contributed by atoms with Crippen molar-refractivity contribution in [2.75, 3.05) is 29.1 Å². The zero-order valence-electron chi connectivity index (χ0n) is 19.7. The summed E-state index contributed by atoms with van der Waals surface area (Å²) in [4.78, 5) is 22.3. The molecule has 0 unspecified atom stereocenters. The lowest BCUT2D eigenvalue weighted by atomic mass is 10.2. The fourth-order valence-corrected chi connectivity index (χ4v) is 3.25. The highest BCUT2D eigenvalue weighted by molar-refractivity contribution is 6.00. The highest BCUT2D eigenvalue weighted by Crippen LogP contribution is 2.30. The van der Waals surface area contributed by atoms with Gasteiger partial charge in [-0.2, -0.15) is 28.4 Å². The molecule has 0 fully saturated rings. The highest BCUT2D eigenvalue weighted by Gasteiger charge is 2.34. The zero-order chi connectivity index (χ0) is 25.0. The molecule has 0 spiro atoms. The summed E-state index contributed by atoms with van der Waals surface area (Å²) >= 11 is 0. The molecule has 3 aromatic heterocycles. The molecule has 0 bridgehead atoms. The maximum Gasteiger partial charge on any atom is 0.435 e. The van der Waals surface area contributed by atoms with Crippen LogP contribution in [-0.2, 0) is 31.1 Å². The number of carbonyl (C=O) groups is 1. The van der Waals surface area contributed by atoms with Crippen LogP contribution in [-0.4, -0.2) is 49.0 Å². The van der Waals surface area contributed by atoms with Gasteiger partial charge < -0.3 is 15.5 Å². The largest absolute Gasteiger partial charge is 0.435 e. The van der Waals surface area contributed by atoms with Gasteiger partial charge in [0.05, 0.1) is 30.7 Å². The number of amides is 1. The second-order valence-corrected chi connectivity index (χ2v) is 7.98. The fourth-order valence-electron chi connectivity index (χ4n) is 3.25. The Labute approximate surface area is 195 Å². The van der Waals surface area contributed by atoms with E-state index < -0.39 is 11.9 Å². The van der Waals surface area contributed by atoms with Gasteiger partial charge >= 0.3 is 6.18 Å². The Morgan fingerprint density at radius 1 is 1.21 bits per heavy atom. The van der Waals surface area contributed by atoms with Gasteiger partial charge in [-0.3, -0.25) is 14.2 Å². The first-order valence-electron chi connectivity index (χ1n) is 10.8. The van der Waals surface area contributed by atoms with E-state index in [1.165, 1.54) is 22.8 Å². The minimum atomic E-state index is -4.49. The maximum absolute atomic E-state index is 12.8. The Kier molecular flexibility index (Phi) is 7.42. The smallest absolute Gasteiger partial charge is 0.350 e. The van der Waals surface area contributed by atoms with E-state index in [0.29, 0.717) is 35.4 Å². The molecule has 34 heavy (non-hydrogen) atoms. The molecule has 1 aliphatic rings. The Bertz CT molecular complexity index is 1150. The van der Waals surface area contributed by atoms with E-state index in [9.17, 15) is 18.0 Å². The van der Waals surface area contributed by atoms with Crippen LogP contribution in [0.15, 0.2) is 18.5 Å². The molecule has 0 aliphatic carbocycles. The summed E-state index contributed by atoms with van der Waals surface area (Å²) in [6.07, 6.45) is 0.107. The van der Waals surface area contributed by atoms with Crippen LogP contribution in [0.25, 0.3) is 0 Å². The first-order chi connectivity index (χ1) is 16.0. The lowest BCUT2D eigenvalue weighted by Gasteiger charge is -2.27. The van der Waals surface area contributed by atoms with Crippen LogP contribution >= 0.6 is 0 Å². The van der Waals surface area contributed by atoms with Crippen molar-refractivity contribution in [1.82, 2.24) is 29.5 Å². The fraction of sp³-hybridized carbons (Fsp3) is 0.476. The van der Waals surface area contributed by atoms with Crippen LogP contribution in [0.5, 0.6) is 0 Å². The van der Waals surface area contributed by atoms with Crippen molar-refractivity contribution in [2.24, 2.45) is 7.05 Å². The minimum Gasteiger partial charge on any atom is -0.350 e. The first-order valence-corrected chi connectivity index (χ1v) is 10.8. The van der Waals surface area contributed by atoms with Gasteiger partial charge in [0, 0.05) is 32.4 Å².